The molecule has 0 fully saturated rings. The van der Waals surface area contributed by atoms with E-state index >= 15 is 0 Å². The van der Waals surface area contributed by atoms with Crippen LogP contribution in [0.5, 0.6) is 0 Å². The Kier molecular flexibility index (Phi) is 6.74. The van der Waals surface area contributed by atoms with E-state index in [4.69, 9.17) is 4.42 Å². The highest BCUT2D eigenvalue weighted by atomic mass is 16.4. The summed E-state index contributed by atoms with van der Waals surface area (Å²) in [6.45, 7) is 1.15. The SMILES string of the molecule is CN(C)CCn1c(=O)oc2ccc(NC(=O)c3ccc(NC(=O)Nc4ccccc4)cc3)cc21. The molecule has 174 valence electrons. The Balaban J connectivity index is 1.41. The molecule has 3 N–H and O–H groups in total. The molecule has 9 nitrogen and oxygen atoms in total. The van der Waals surface area contributed by atoms with Crippen molar-refractivity contribution in [1.82, 2.24) is 9.47 Å². The molecule has 0 aliphatic carbocycles. The van der Waals surface area contributed by atoms with E-state index in [1.807, 2.05) is 37.2 Å². The molecule has 0 unspecified atom stereocenters. The number of likely N-dealkylation sites (N-methyl/N-ethyl adjacent to an activating group) is 1. The largest absolute Gasteiger partial charge is 0.419 e. The van der Waals surface area contributed by atoms with Gasteiger partial charge < -0.3 is 25.3 Å². The number of aromatic nitrogens is 1. The summed E-state index contributed by atoms with van der Waals surface area (Å²) in [5.41, 5.74) is 3.28. The van der Waals surface area contributed by atoms with Crippen LogP contribution in [0.4, 0.5) is 21.9 Å². The molecule has 4 aromatic rings. The van der Waals surface area contributed by atoms with E-state index in [1.54, 1.807) is 59.2 Å². The number of hydrogen-bond acceptors (Lipinski definition) is 5. The Morgan fingerprint density at radius 2 is 1.50 bits per heavy atom. The van der Waals surface area contributed by atoms with Gasteiger partial charge in [-0.25, -0.2) is 9.59 Å². The van der Waals surface area contributed by atoms with Crippen molar-refractivity contribution in [2.24, 2.45) is 0 Å². The molecule has 0 saturated heterocycles. The molecule has 0 spiro atoms. The highest BCUT2D eigenvalue weighted by Gasteiger charge is 2.12. The first-order valence-electron chi connectivity index (χ1n) is 10.7. The highest BCUT2D eigenvalue weighted by molar-refractivity contribution is 6.05. The predicted octanol–water partition coefficient (Wildman–Crippen LogP) is 4.05. The first kappa shape index (κ1) is 22.8. The maximum absolute atomic E-state index is 12.7. The van der Waals surface area contributed by atoms with Gasteiger partial charge in [0.15, 0.2) is 5.58 Å². The smallest absolute Gasteiger partial charge is 0.408 e. The molecule has 0 radical (unpaired) electrons. The fraction of sp³-hybridized carbons (Fsp3) is 0.160. The maximum atomic E-state index is 12.7. The van der Waals surface area contributed by atoms with E-state index in [0.29, 0.717) is 46.8 Å². The summed E-state index contributed by atoms with van der Waals surface area (Å²) in [7, 11) is 3.85. The number of anilines is 3. The second-order valence-corrected chi connectivity index (χ2v) is 7.98. The first-order valence-corrected chi connectivity index (χ1v) is 10.7. The van der Waals surface area contributed by atoms with Gasteiger partial charge in [0.2, 0.25) is 0 Å². The first-order chi connectivity index (χ1) is 16.4. The van der Waals surface area contributed by atoms with Crippen molar-refractivity contribution in [3.8, 4) is 0 Å². The summed E-state index contributed by atoms with van der Waals surface area (Å²) in [6, 6.07) is 20.3. The van der Waals surface area contributed by atoms with Gasteiger partial charge in [-0.15, -0.1) is 0 Å². The Morgan fingerprint density at radius 3 is 2.18 bits per heavy atom. The van der Waals surface area contributed by atoms with Crippen molar-refractivity contribution in [2.45, 2.75) is 6.54 Å². The second kappa shape index (κ2) is 10.1. The summed E-state index contributed by atoms with van der Waals surface area (Å²) in [4.78, 5) is 39.0. The Morgan fingerprint density at radius 1 is 0.853 bits per heavy atom. The van der Waals surface area contributed by atoms with Crippen LogP contribution in [0.3, 0.4) is 0 Å². The zero-order valence-corrected chi connectivity index (χ0v) is 18.9. The number of rotatable bonds is 7. The summed E-state index contributed by atoms with van der Waals surface area (Å²) in [5, 5.41) is 8.30. The van der Waals surface area contributed by atoms with Crippen molar-refractivity contribution in [3.05, 3.63) is 88.9 Å². The monoisotopic (exact) mass is 459 g/mol. The zero-order valence-electron chi connectivity index (χ0n) is 18.9. The molecule has 3 amide bonds. The molecule has 0 aliphatic heterocycles. The van der Waals surface area contributed by atoms with Crippen LogP contribution in [0.1, 0.15) is 10.4 Å². The third-order valence-electron chi connectivity index (χ3n) is 5.13. The van der Waals surface area contributed by atoms with E-state index < -0.39 is 5.76 Å². The summed E-state index contributed by atoms with van der Waals surface area (Å²) >= 11 is 0. The molecular formula is C25H25N5O4. The van der Waals surface area contributed by atoms with Crippen molar-refractivity contribution < 1.29 is 14.0 Å². The summed E-state index contributed by atoms with van der Waals surface area (Å²) in [5.74, 6) is -0.745. The lowest BCUT2D eigenvalue weighted by Crippen LogP contribution is -2.23. The number of urea groups is 1. The van der Waals surface area contributed by atoms with Gasteiger partial charge in [-0.1, -0.05) is 18.2 Å². The number of para-hydroxylation sites is 1. The average Bonchev–Trinajstić information content (AvgIpc) is 3.13. The minimum Gasteiger partial charge on any atom is -0.408 e. The zero-order chi connectivity index (χ0) is 24.1. The molecule has 9 heteroatoms. The minimum absolute atomic E-state index is 0.315. The number of benzene rings is 3. The van der Waals surface area contributed by atoms with Crippen LogP contribution in [0.2, 0.25) is 0 Å². The topological polar surface area (TPSA) is 109 Å². The maximum Gasteiger partial charge on any atom is 0.419 e. The van der Waals surface area contributed by atoms with Gasteiger partial charge in [-0.3, -0.25) is 9.36 Å². The van der Waals surface area contributed by atoms with Crippen LogP contribution in [0.15, 0.2) is 82.0 Å². The molecular weight excluding hydrogens is 434 g/mol. The number of carbonyl (C=O) groups is 2. The van der Waals surface area contributed by atoms with Crippen molar-refractivity contribution in [1.29, 1.82) is 0 Å². The number of amides is 3. The van der Waals surface area contributed by atoms with Crippen LogP contribution in [0.25, 0.3) is 11.1 Å². The average molecular weight is 460 g/mol. The van der Waals surface area contributed by atoms with Crippen LogP contribution < -0.4 is 21.7 Å². The molecule has 0 saturated carbocycles. The Bertz CT molecular complexity index is 1360. The number of oxazole rings is 1. The standard InChI is InChI=1S/C25H25N5O4/c1-29(2)14-15-30-21-16-20(12-13-22(21)34-25(30)33)26-23(31)17-8-10-19(11-9-17)28-24(32)27-18-6-4-3-5-7-18/h3-13,16H,14-15H2,1-2H3,(H,26,31)(H2,27,28,32). The van der Waals surface area contributed by atoms with Gasteiger partial charge in [0.1, 0.15) is 0 Å². The molecule has 34 heavy (non-hydrogen) atoms. The lowest BCUT2D eigenvalue weighted by atomic mass is 10.2. The Hall–Kier alpha value is -4.37. The fourth-order valence-electron chi connectivity index (χ4n) is 3.37. The molecule has 1 aromatic heterocycles. The van der Waals surface area contributed by atoms with Crippen LogP contribution in [-0.2, 0) is 6.54 Å². The van der Waals surface area contributed by atoms with Gasteiger partial charge >= 0.3 is 11.8 Å². The van der Waals surface area contributed by atoms with Crippen LogP contribution in [-0.4, -0.2) is 42.0 Å². The van der Waals surface area contributed by atoms with Gasteiger partial charge in [-0.2, -0.15) is 0 Å². The summed E-state index contributed by atoms with van der Waals surface area (Å²) < 4.78 is 6.84. The molecule has 3 aromatic carbocycles. The molecule has 4 rings (SSSR count). The van der Waals surface area contributed by atoms with E-state index in [0.717, 1.165) is 0 Å². The number of nitrogens with one attached hydrogen (secondary N) is 3. The van der Waals surface area contributed by atoms with E-state index in [-0.39, 0.29) is 11.9 Å². The van der Waals surface area contributed by atoms with E-state index in [1.165, 1.54) is 0 Å². The number of nitrogens with zero attached hydrogens (tertiary/aromatic N) is 2. The van der Waals surface area contributed by atoms with Crippen LogP contribution in [0, 0.1) is 0 Å². The van der Waals surface area contributed by atoms with Gasteiger partial charge in [0.05, 0.1) is 5.52 Å². The number of fused-ring (bicyclic) bond motifs is 1. The van der Waals surface area contributed by atoms with E-state index in [9.17, 15) is 14.4 Å². The van der Waals surface area contributed by atoms with Crippen LogP contribution >= 0.6 is 0 Å². The van der Waals surface area contributed by atoms with Gasteiger partial charge in [-0.05, 0) is 68.7 Å². The van der Waals surface area contributed by atoms with Crippen molar-refractivity contribution in [3.63, 3.8) is 0 Å². The minimum atomic E-state index is -0.431. The summed E-state index contributed by atoms with van der Waals surface area (Å²) in [6.07, 6.45) is 0. The Labute approximate surface area is 196 Å². The third kappa shape index (κ3) is 5.51. The van der Waals surface area contributed by atoms with Gasteiger partial charge in [0.25, 0.3) is 5.91 Å². The van der Waals surface area contributed by atoms with Crippen molar-refractivity contribution >= 4 is 40.1 Å². The van der Waals surface area contributed by atoms with Gasteiger partial charge in [0, 0.05) is 35.7 Å². The number of hydrogen-bond donors (Lipinski definition) is 3. The number of carbonyl (C=O) groups excluding carboxylic acids is 2. The second-order valence-electron chi connectivity index (χ2n) is 7.98. The normalized spacial score (nSPS) is 10.9. The third-order valence-corrected chi connectivity index (χ3v) is 5.13. The highest BCUT2D eigenvalue weighted by Crippen LogP contribution is 2.20. The fourth-order valence-corrected chi connectivity index (χ4v) is 3.37. The predicted molar refractivity (Wildman–Crippen MR) is 133 cm³/mol. The lowest BCUT2D eigenvalue weighted by Gasteiger charge is -2.10. The quantitative estimate of drug-likeness (QED) is 0.386. The van der Waals surface area contributed by atoms with E-state index in [2.05, 4.69) is 16.0 Å². The molecule has 0 atom stereocenters. The van der Waals surface area contributed by atoms with Crippen molar-refractivity contribution in [2.75, 3.05) is 36.6 Å². The molecule has 0 aliphatic rings. The molecule has 1 heterocycles. The molecule has 0 bridgehead atoms. The lowest BCUT2D eigenvalue weighted by molar-refractivity contribution is 0.102.